The Balaban J connectivity index is 1.38. The van der Waals surface area contributed by atoms with Crippen molar-refractivity contribution < 1.29 is 13.6 Å². The molecule has 0 unspecified atom stereocenters. The van der Waals surface area contributed by atoms with Gasteiger partial charge in [-0.15, -0.1) is 10.2 Å². The van der Waals surface area contributed by atoms with Crippen LogP contribution in [0.4, 0.5) is 14.5 Å². The highest BCUT2D eigenvalue weighted by Gasteiger charge is 2.37. The molecule has 0 saturated heterocycles. The fourth-order valence-corrected chi connectivity index (χ4v) is 4.27. The number of carbonyl (C=O) groups excluding carboxylic acids is 1. The molecule has 27 heavy (non-hydrogen) atoms. The molecule has 1 heterocycles. The summed E-state index contributed by atoms with van der Waals surface area (Å²) in [6.07, 6.45) is 4.64. The summed E-state index contributed by atoms with van der Waals surface area (Å²) in [6, 6.07) is 6.91. The first-order valence-electron chi connectivity index (χ1n) is 8.98. The highest BCUT2D eigenvalue weighted by molar-refractivity contribution is 8.00. The molecule has 0 spiro atoms. The number of thioether (sulfide) groups is 2. The zero-order chi connectivity index (χ0) is 19.0. The van der Waals surface area contributed by atoms with Crippen LogP contribution in [-0.2, 0) is 4.79 Å². The third-order valence-electron chi connectivity index (χ3n) is 4.54. The summed E-state index contributed by atoms with van der Waals surface area (Å²) in [5, 5.41) is 12.0. The number of nitrogens with zero attached hydrogens (tertiary/aromatic N) is 3. The lowest BCUT2D eigenvalue weighted by Crippen LogP contribution is -2.23. The Hall–Kier alpha value is -1.61. The monoisotopic (exact) mass is 410 g/mol. The number of rotatable bonds is 8. The van der Waals surface area contributed by atoms with E-state index in [1.807, 2.05) is 6.92 Å². The molecule has 1 N–H and O–H groups in total. The van der Waals surface area contributed by atoms with Gasteiger partial charge in [0.05, 0.1) is 5.25 Å². The molecule has 0 bridgehead atoms. The SMILES string of the molecule is C[C@H](Sc1nnc(C2CC2)n1C1CC1)C(=O)Nc1ccc(SC(F)F)cc1. The van der Waals surface area contributed by atoms with Crippen molar-refractivity contribution in [1.82, 2.24) is 14.8 Å². The van der Waals surface area contributed by atoms with Crippen LogP contribution in [-0.4, -0.2) is 31.7 Å². The van der Waals surface area contributed by atoms with Crippen molar-refractivity contribution >= 4 is 35.1 Å². The van der Waals surface area contributed by atoms with E-state index in [0.29, 0.717) is 34.3 Å². The molecule has 1 aromatic heterocycles. The molecule has 2 saturated carbocycles. The highest BCUT2D eigenvalue weighted by Crippen LogP contribution is 2.46. The van der Waals surface area contributed by atoms with Gasteiger partial charge in [0, 0.05) is 22.5 Å². The summed E-state index contributed by atoms with van der Waals surface area (Å²) in [4.78, 5) is 13.0. The van der Waals surface area contributed by atoms with Crippen molar-refractivity contribution in [2.75, 3.05) is 5.32 Å². The van der Waals surface area contributed by atoms with Gasteiger partial charge in [-0.05, 0) is 56.9 Å². The summed E-state index contributed by atoms with van der Waals surface area (Å²) in [6.45, 7) is 1.84. The largest absolute Gasteiger partial charge is 0.325 e. The Morgan fingerprint density at radius 1 is 1.15 bits per heavy atom. The number of aromatic nitrogens is 3. The summed E-state index contributed by atoms with van der Waals surface area (Å²) in [5.74, 6) is -1.00. The molecule has 1 amide bonds. The molecule has 0 aliphatic heterocycles. The number of hydrogen-bond donors (Lipinski definition) is 1. The van der Waals surface area contributed by atoms with Gasteiger partial charge in [-0.2, -0.15) is 8.78 Å². The van der Waals surface area contributed by atoms with Crippen LogP contribution in [0, 0.1) is 0 Å². The van der Waals surface area contributed by atoms with Gasteiger partial charge in [0.2, 0.25) is 5.91 Å². The van der Waals surface area contributed by atoms with Gasteiger partial charge < -0.3 is 9.88 Å². The van der Waals surface area contributed by atoms with Gasteiger partial charge in [0.1, 0.15) is 5.82 Å². The van der Waals surface area contributed by atoms with E-state index in [1.165, 1.54) is 24.6 Å². The maximum atomic E-state index is 12.5. The standard InChI is InChI=1S/C18H20F2N4OS2/c1-10(16(25)21-12-4-8-14(9-5-12)27-17(19)20)26-18-23-22-15(11-2-3-11)24(18)13-6-7-13/h4-5,8-11,13,17H,2-3,6-7H2,1H3,(H,21,25)/t10-/m0/s1. The normalized spacial score (nSPS) is 17.9. The lowest BCUT2D eigenvalue weighted by molar-refractivity contribution is -0.115. The lowest BCUT2D eigenvalue weighted by atomic mass is 10.3. The minimum atomic E-state index is -2.45. The topological polar surface area (TPSA) is 59.8 Å². The van der Waals surface area contributed by atoms with Crippen molar-refractivity contribution in [2.24, 2.45) is 0 Å². The van der Waals surface area contributed by atoms with Crippen LogP contribution in [0.3, 0.4) is 0 Å². The van der Waals surface area contributed by atoms with Gasteiger partial charge in [-0.3, -0.25) is 4.79 Å². The number of alkyl halides is 2. The van der Waals surface area contributed by atoms with Crippen LogP contribution in [0.5, 0.6) is 0 Å². The summed E-state index contributed by atoms with van der Waals surface area (Å²) in [5.41, 5.74) is 0.591. The van der Waals surface area contributed by atoms with E-state index in [2.05, 4.69) is 20.1 Å². The van der Waals surface area contributed by atoms with Gasteiger partial charge in [0.15, 0.2) is 5.16 Å². The molecular weight excluding hydrogens is 390 g/mol. The number of hydrogen-bond acceptors (Lipinski definition) is 5. The number of anilines is 1. The van der Waals surface area contributed by atoms with Crippen molar-refractivity contribution in [3.8, 4) is 0 Å². The Morgan fingerprint density at radius 3 is 2.44 bits per heavy atom. The third-order valence-corrected chi connectivity index (χ3v) is 6.32. The van der Waals surface area contributed by atoms with E-state index < -0.39 is 5.76 Å². The predicted octanol–water partition coefficient (Wildman–Crippen LogP) is 4.92. The van der Waals surface area contributed by atoms with Crippen LogP contribution >= 0.6 is 23.5 Å². The molecule has 4 rings (SSSR count). The third kappa shape index (κ3) is 4.63. The number of carbonyl (C=O) groups is 1. The van der Waals surface area contributed by atoms with E-state index in [1.54, 1.807) is 24.3 Å². The summed E-state index contributed by atoms with van der Waals surface area (Å²) in [7, 11) is 0. The first-order valence-corrected chi connectivity index (χ1v) is 10.7. The second kappa shape index (κ2) is 7.79. The number of benzene rings is 1. The van der Waals surface area contributed by atoms with Crippen LogP contribution in [0.25, 0.3) is 0 Å². The Bertz CT molecular complexity index is 819. The van der Waals surface area contributed by atoms with Crippen molar-refractivity contribution in [1.29, 1.82) is 0 Å². The van der Waals surface area contributed by atoms with Crippen molar-refractivity contribution in [3.63, 3.8) is 0 Å². The predicted molar refractivity (Wildman–Crippen MR) is 103 cm³/mol. The Labute approximate surface area is 164 Å². The van der Waals surface area contributed by atoms with Crippen molar-refractivity contribution in [2.45, 2.75) is 65.6 Å². The molecule has 2 fully saturated rings. The first-order chi connectivity index (χ1) is 13.0. The molecule has 2 aliphatic rings. The molecule has 144 valence electrons. The maximum absolute atomic E-state index is 12.5. The van der Waals surface area contributed by atoms with E-state index in [9.17, 15) is 13.6 Å². The fourth-order valence-electron chi connectivity index (χ4n) is 2.84. The van der Waals surface area contributed by atoms with Gasteiger partial charge >= 0.3 is 0 Å². The summed E-state index contributed by atoms with van der Waals surface area (Å²) >= 11 is 1.90. The smallest absolute Gasteiger partial charge is 0.288 e. The fraction of sp³-hybridized carbons (Fsp3) is 0.500. The zero-order valence-electron chi connectivity index (χ0n) is 14.8. The van der Waals surface area contributed by atoms with Crippen LogP contribution in [0.1, 0.15) is 50.4 Å². The average Bonchev–Trinajstić information content (AvgIpc) is 3.55. The van der Waals surface area contributed by atoms with Crippen LogP contribution in [0.15, 0.2) is 34.3 Å². The first kappa shape index (κ1) is 18.7. The minimum absolute atomic E-state index is 0.146. The second-order valence-electron chi connectivity index (χ2n) is 6.87. The molecule has 5 nitrogen and oxygen atoms in total. The Kier molecular flexibility index (Phi) is 5.41. The number of nitrogens with one attached hydrogen (secondary N) is 1. The molecule has 1 atom stereocenters. The highest BCUT2D eigenvalue weighted by atomic mass is 32.2. The van der Waals surface area contributed by atoms with Crippen LogP contribution < -0.4 is 5.32 Å². The zero-order valence-corrected chi connectivity index (χ0v) is 16.4. The minimum Gasteiger partial charge on any atom is -0.325 e. The number of halogens is 2. The summed E-state index contributed by atoms with van der Waals surface area (Å²) < 4.78 is 27.0. The van der Waals surface area contributed by atoms with Gasteiger partial charge in [-0.1, -0.05) is 23.5 Å². The maximum Gasteiger partial charge on any atom is 0.288 e. The van der Waals surface area contributed by atoms with Gasteiger partial charge in [0.25, 0.3) is 5.76 Å². The van der Waals surface area contributed by atoms with Crippen molar-refractivity contribution in [3.05, 3.63) is 30.1 Å². The Morgan fingerprint density at radius 2 is 1.85 bits per heavy atom. The van der Waals surface area contributed by atoms with Crippen LogP contribution in [0.2, 0.25) is 0 Å². The molecule has 2 aromatic rings. The van der Waals surface area contributed by atoms with E-state index >= 15 is 0 Å². The van der Waals surface area contributed by atoms with E-state index in [0.717, 1.165) is 23.8 Å². The second-order valence-corrected chi connectivity index (χ2v) is 9.24. The van der Waals surface area contributed by atoms with Gasteiger partial charge in [-0.25, -0.2) is 0 Å². The molecule has 0 radical (unpaired) electrons. The van der Waals surface area contributed by atoms with E-state index in [4.69, 9.17) is 0 Å². The lowest BCUT2D eigenvalue weighted by Gasteiger charge is -2.13. The quantitative estimate of drug-likeness (QED) is 0.626. The number of amides is 1. The molecule has 9 heteroatoms. The molecule has 2 aliphatic carbocycles. The molecular formula is C18H20F2N4OS2. The van der Waals surface area contributed by atoms with E-state index in [-0.39, 0.29) is 11.2 Å². The molecule has 1 aromatic carbocycles. The average molecular weight is 411 g/mol.